The molecule has 1 aromatic carbocycles. The zero-order chi connectivity index (χ0) is 14.9. The van der Waals surface area contributed by atoms with Crippen LogP contribution in [0, 0.1) is 23.7 Å². The van der Waals surface area contributed by atoms with Crippen LogP contribution >= 0.6 is 0 Å². The average molecular weight is 280 g/mol. The van der Waals surface area contributed by atoms with Gasteiger partial charge in [-0.05, 0) is 55.7 Å². The predicted molar refractivity (Wildman–Crippen MR) is 93.0 cm³/mol. The van der Waals surface area contributed by atoms with Crippen LogP contribution in [-0.4, -0.2) is 0 Å². The first-order valence-corrected chi connectivity index (χ1v) is 8.60. The molecule has 0 amide bonds. The van der Waals surface area contributed by atoms with Gasteiger partial charge in [0.25, 0.3) is 0 Å². The van der Waals surface area contributed by atoms with Crippen molar-refractivity contribution in [1.29, 1.82) is 0 Å². The summed E-state index contributed by atoms with van der Waals surface area (Å²) >= 11 is 0. The Morgan fingerprint density at radius 3 is 2.38 bits per heavy atom. The van der Waals surface area contributed by atoms with E-state index in [9.17, 15) is 0 Å². The van der Waals surface area contributed by atoms with E-state index in [1.54, 1.807) is 0 Å². The highest BCUT2D eigenvalue weighted by Crippen LogP contribution is 2.30. The van der Waals surface area contributed by atoms with Crippen LogP contribution in [0.4, 0.5) is 0 Å². The van der Waals surface area contributed by atoms with Crippen LogP contribution in [-0.2, 0) is 0 Å². The highest BCUT2D eigenvalue weighted by atomic mass is 14.2. The lowest BCUT2D eigenvalue weighted by Gasteiger charge is -2.24. The molecule has 1 aromatic rings. The monoisotopic (exact) mass is 280 g/mol. The van der Waals surface area contributed by atoms with Crippen molar-refractivity contribution in [2.75, 3.05) is 0 Å². The second-order valence-electron chi connectivity index (χ2n) is 6.21. The van der Waals surface area contributed by atoms with Gasteiger partial charge in [0, 0.05) is 11.5 Å². The van der Waals surface area contributed by atoms with Crippen LogP contribution < -0.4 is 0 Å². The largest absolute Gasteiger partial charge is 0.0945 e. The molecule has 1 aliphatic carbocycles. The molecule has 0 bridgehead atoms. The lowest BCUT2D eigenvalue weighted by Crippen LogP contribution is -2.12. The second-order valence-corrected chi connectivity index (χ2v) is 6.21. The van der Waals surface area contributed by atoms with Crippen LogP contribution in [0.5, 0.6) is 0 Å². The molecule has 2 rings (SSSR count). The minimum Gasteiger partial charge on any atom is -0.0945 e. The SMILES string of the molecule is CCC/C=C/c1ccc(C#CC2CCC(CC)CC2)cc1. The van der Waals surface area contributed by atoms with E-state index in [-0.39, 0.29) is 0 Å². The smallest absolute Gasteiger partial charge is 0.0245 e. The number of benzene rings is 1. The van der Waals surface area contributed by atoms with Gasteiger partial charge in [-0.25, -0.2) is 0 Å². The minimum atomic E-state index is 0.622. The summed E-state index contributed by atoms with van der Waals surface area (Å²) < 4.78 is 0. The molecule has 0 heterocycles. The molecule has 112 valence electrons. The van der Waals surface area contributed by atoms with Crippen LogP contribution in [0.25, 0.3) is 6.08 Å². The number of allylic oxidation sites excluding steroid dienone is 1. The van der Waals surface area contributed by atoms with Crippen LogP contribution in [0.2, 0.25) is 0 Å². The maximum absolute atomic E-state index is 3.49. The maximum Gasteiger partial charge on any atom is 0.0245 e. The van der Waals surface area contributed by atoms with Crippen molar-refractivity contribution in [3.63, 3.8) is 0 Å². The third-order valence-corrected chi connectivity index (χ3v) is 4.52. The molecule has 0 heteroatoms. The quantitative estimate of drug-likeness (QED) is 0.587. The predicted octanol–water partition coefficient (Wildman–Crippen LogP) is 6.07. The average Bonchev–Trinajstić information content (AvgIpc) is 2.55. The first-order chi connectivity index (χ1) is 10.3. The van der Waals surface area contributed by atoms with E-state index in [1.165, 1.54) is 44.1 Å². The maximum atomic E-state index is 3.49. The molecular formula is C21H28. The normalized spacial score (nSPS) is 22.0. The lowest BCUT2D eigenvalue weighted by molar-refractivity contribution is 0.309. The van der Waals surface area contributed by atoms with Crippen LogP contribution in [0.15, 0.2) is 30.3 Å². The van der Waals surface area contributed by atoms with Gasteiger partial charge in [-0.15, -0.1) is 0 Å². The van der Waals surface area contributed by atoms with Crippen LogP contribution in [0.3, 0.4) is 0 Å². The summed E-state index contributed by atoms with van der Waals surface area (Å²) in [6.45, 7) is 4.52. The highest BCUT2D eigenvalue weighted by Gasteiger charge is 2.17. The fourth-order valence-corrected chi connectivity index (χ4v) is 2.96. The first-order valence-electron chi connectivity index (χ1n) is 8.60. The van der Waals surface area contributed by atoms with E-state index < -0.39 is 0 Å². The van der Waals surface area contributed by atoms with Crippen molar-refractivity contribution in [3.8, 4) is 11.8 Å². The molecule has 0 spiro atoms. The molecule has 0 atom stereocenters. The summed E-state index contributed by atoms with van der Waals surface area (Å²) in [6.07, 6.45) is 13.5. The molecule has 0 radical (unpaired) electrons. The van der Waals surface area contributed by atoms with Gasteiger partial charge in [0.1, 0.15) is 0 Å². The van der Waals surface area contributed by atoms with Gasteiger partial charge >= 0.3 is 0 Å². The molecule has 1 fully saturated rings. The molecule has 0 aromatic heterocycles. The number of rotatable bonds is 4. The van der Waals surface area contributed by atoms with Gasteiger partial charge in [-0.3, -0.25) is 0 Å². The van der Waals surface area contributed by atoms with Gasteiger partial charge in [-0.2, -0.15) is 0 Å². The molecule has 0 unspecified atom stereocenters. The van der Waals surface area contributed by atoms with Crippen LogP contribution in [0.1, 0.15) is 69.9 Å². The standard InChI is InChI=1S/C21H28/c1-3-5-6-7-19-12-14-21(15-13-19)17-16-20-10-8-18(4-2)9-11-20/h6-7,12-15,18,20H,3-5,8-11H2,1-2H3/b7-6+. The number of hydrogen-bond donors (Lipinski definition) is 0. The van der Waals surface area contributed by atoms with Gasteiger partial charge in [0.2, 0.25) is 0 Å². The minimum absolute atomic E-state index is 0.622. The third kappa shape index (κ3) is 5.43. The van der Waals surface area contributed by atoms with Gasteiger partial charge in [0.15, 0.2) is 0 Å². The van der Waals surface area contributed by atoms with Gasteiger partial charge < -0.3 is 0 Å². The van der Waals surface area contributed by atoms with E-state index in [0.717, 1.165) is 17.9 Å². The van der Waals surface area contributed by atoms with Crippen molar-refractivity contribution in [2.24, 2.45) is 11.8 Å². The Bertz CT molecular complexity index is 487. The zero-order valence-corrected chi connectivity index (χ0v) is 13.6. The summed E-state index contributed by atoms with van der Waals surface area (Å²) in [6, 6.07) is 8.64. The van der Waals surface area contributed by atoms with E-state index in [4.69, 9.17) is 0 Å². The summed E-state index contributed by atoms with van der Waals surface area (Å²) in [5.74, 6) is 8.43. The molecule has 0 N–H and O–H groups in total. The van der Waals surface area contributed by atoms with Gasteiger partial charge in [0.05, 0.1) is 0 Å². The first kappa shape index (κ1) is 15.9. The Hall–Kier alpha value is -1.48. The Morgan fingerprint density at radius 2 is 1.76 bits per heavy atom. The van der Waals surface area contributed by atoms with Crippen molar-refractivity contribution in [2.45, 2.75) is 58.8 Å². The van der Waals surface area contributed by atoms with E-state index in [1.807, 2.05) is 0 Å². The Morgan fingerprint density at radius 1 is 1.05 bits per heavy atom. The topological polar surface area (TPSA) is 0 Å². The molecule has 1 saturated carbocycles. The molecular weight excluding hydrogens is 252 g/mol. The molecule has 0 saturated heterocycles. The lowest BCUT2D eigenvalue weighted by atomic mass is 9.81. The number of hydrogen-bond acceptors (Lipinski definition) is 0. The van der Waals surface area contributed by atoms with Crippen molar-refractivity contribution >= 4 is 6.08 Å². The van der Waals surface area contributed by atoms with Crippen molar-refractivity contribution < 1.29 is 0 Å². The Labute approximate surface area is 130 Å². The molecule has 21 heavy (non-hydrogen) atoms. The van der Waals surface area contributed by atoms with E-state index >= 15 is 0 Å². The van der Waals surface area contributed by atoms with Gasteiger partial charge in [-0.1, -0.05) is 62.8 Å². The van der Waals surface area contributed by atoms with Crippen molar-refractivity contribution in [1.82, 2.24) is 0 Å². The van der Waals surface area contributed by atoms with E-state index in [0.29, 0.717) is 5.92 Å². The fourth-order valence-electron chi connectivity index (χ4n) is 2.96. The Balaban J connectivity index is 1.88. The zero-order valence-electron chi connectivity index (χ0n) is 13.6. The second kappa shape index (κ2) is 8.73. The number of unbranched alkanes of at least 4 members (excludes halogenated alkanes) is 1. The van der Waals surface area contributed by atoms with E-state index in [2.05, 4.69) is 62.1 Å². The molecule has 0 nitrogen and oxygen atoms in total. The highest BCUT2D eigenvalue weighted by molar-refractivity contribution is 5.51. The molecule has 0 aliphatic heterocycles. The summed E-state index contributed by atoms with van der Waals surface area (Å²) in [5.41, 5.74) is 2.43. The summed E-state index contributed by atoms with van der Waals surface area (Å²) in [7, 11) is 0. The fraction of sp³-hybridized carbons (Fsp3) is 0.524. The Kier molecular flexibility index (Phi) is 6.61. The summed E-state index contributed by atoms with van der Waals surface area (Å²) in [5, 5.41) is 0. The third-order valence-electron chi connectivity index (χ3n) is 4.52. The summed E-state index contributed by atoms with van der Waals surface area (Å²) in [4.78, 5) is 0. The van der Waals surface area contributed by atoms with Crippen molar-refractivity contribution in [3.05, 3.63) is 41.5 Å². The molecule has 1 aliphatic rings.